The second-order valence-corrected chi connectivity index (χ2v) is 9.44. The number of anilines is 1. The monoisotopic (exact) mass is 422 g/mol. The lowest BCUT2D eigenvalue weighted by atomic mass is 9.91. The Bertz CT molecular complexity index is 769. The summed E-state index contributed by atoms with van der Waals surface area (Å²) in [6, 6.07) is 1.59. The standard InChI is InChI=1S/C22H31ClN2O4/c1-22(2)8-5-16-19(24)18(23)12-17(20(16)29-22)21(26)28-14-6-9-25(10-7-14)13-15-4-3-11-27-15/h12,14-15H,3-11,13,24H2,1-2H3. The number of esters is 1. The van der Waals surface area contributed by atoms with Crippen molar-refractivity contribution >= 4 is 23.3 Å². The van der Waals surface area contributed by atoms with Crippen molar-refractivity contribution in [3.63, 3.8) is 0 Å². The molecule has 0 saturated carbocycles. The molecule has 0 spiro atoms. The van der Waals surface area contributed by atoms with Gasteiger partial charge in [0.1, 0.15) is 23.0 Å². The third kappa shape index (κ3) is 4.65. The van der Waals surface area contributed by atoms with E-state index in [2.05, 4.69) is 4.90 Å². The van der Waals surface area contributed by atoms with E-state index >= 15 is 0 Å². The van der Waals surface area contributed by atoms with Crippen LogP contribution in [0.2, 0.25) is 5.02 Å². The number of rotatable bonds is 4. The Morgan fingerprint density at radius 3 is 2.79 bits per heavy atom. The van der Waals surface area contributed by atoms with Gasteiger partial charge in [-0.1, -0.05) is 11.6 Å². The van der Waals surface area contributed by atoms with Crippen molar-refractivity contribution in [2.75, 3.05) is 32.0 Å². The van der Waals surface area contributed by atoms with Crippen LogP contribution in [0.25, 0.3) is 0 Å². The fraction of sp³-hybridized carbons (Fsp3) is 0.682. The van der Waals surface area contributed by atoms with Crippen LogP contribution in [0.4, 0.5) is 5.69 Å². The lowest BCUT2D eigenvalue weighted by Crippen LogP contribution is -2.41. The van der Waals surface area contributed by atoms with Crippen molar-refractivity contribution in [1.82, 2.24) is 4.90 Å². The lowest BCUT2D eigenvalue weighted by Gasteiger charge is -2.35. The van der Waals surface area contributed by atoms with Crippen molar-refractivity contribution in [2.45, 2.75) is 70.2 Å². The van der Waals surface area contributed by atoms with E-state index in [-0.39, 0.29) is 17.7 Å². The van der Waals surface area contributed by atoms with Crippen LogP contribution in [-0.2, 0) is 15.9 Å². The normalized spacial score (nSPS) is 24.7. The van der Waals surface area contributed by atoms with E-state index in [1.165, 1.54) is 0 Å². The highest BCUT2D eigenvalue weighted by atomic mass is 35.5. The molecule has 2 fully saturated rings. The molecule has 29 heavy (non-hydrogen) atoms. The topological polar surface area (TPSA) is 74.0 Å². The summed E-state index contributed by atoms with van der Waals surface area (Å²) in [7, 11) is 0. The van der Waals surface area contributed by atoms with E-state index in [4.69, 9.17) is 31.5 Å². The number of nitrogens with zero attached hydrogens (tertiary/aromatic N) is 1. The van der Waals surface area contributed by atoms with Crippen LogP contribution < -0.4 is 10.5 Å². The van der Waals surface area contributed by atoms with Crippen LogP contribution >= 0.6 is 11.6 Å². The van der Waals surface area contributed by atoms with Gasteiger partial charge in [0.2, 0.25) is 0 Å². The number of likely N-dealkylation sites (tertiary alicyclic amines) is 1. The fourth-order valence-electron chi connectivity index (χ4n) is 4.47. The van der Waals surface area contributed by atoms with Crippen LogP contribution in [0.1, 0.15) is 61.9 Å². The zero-order chi connectivity index (χ0) is 20.6. The zero-order valence-electron chi connectivity index (χ0n) is 17.3. The predicted octanol–water partition coefficient (Wildman–Crippen LogP) is 3.83. The number of fused-ring (bicyclic) bond motifs is 1. The fourth-order valence-corrected chi connectivity index (χ4v) is 4.69. The number of hydrogen-bond donors (Lipinski definition) is 1. The summed E-state index contributed by atoms with van der Waals surface area (Å²) in [4.78, 5) is 15.4. The van der Waals surface area contributed by atoms with E-state index in [1.807, 2.05) is 13.8 Å². The van der Waals surface area contributed by atoms with E-state index in [0.29, 0.717) is 28.1 Å². The van der Waals surface area contributed by atoms with Gasteiger partial charge in [-0.25, -0.2) is 4.79 Å². The van der Waals surface area contributed by atoms with Gasteiger partial charge in [0.15, 0.2) is 0 Å². The molecule has 1 aromatic carbocycles. The number of hydrogen-bond acceptors (Lipinski definition) is 6. The molecule has 3 heterocycles. The SMILES string of the molecule is CC1(C)CCc2c(N)c(Cl)cc(C(=O)OC3CCN(CC4CCCO4)CC3)c2O1. The van der Waals surface area contributed by atoms with Crippen molar-refractivity contribution in [3.05, 3.63) is 22.2 Å². The summed E-state index contributed by atoms with van der Waals surface area (Å²) in [5.74, 6) is 0.155. The quantitative estimate of drug-likeness (QED) is 0.587. The van der Waals surface area contributed by atoms with Crippen molar-refractivity contribution in [3.8, 4) is 5.75 Å². The van der Waals surface area contributed by atoms with Gasteiger partial charge in [0.25, 0.3) is 0 Å². The molecule has 3 aliphatic rings. The van der Waals surface area contributed by atoms with Gasteiger partial charge in [0, 0.05) is 31.8 Å². The van der Waals surface area contributed by atoms with Crippen LogP contribution in [0, 0.1) is 0 Å². The number of benzene rings is 1. The van der Waals surface area contributed by atoms with Gasteiger partial charge in [-0.15, -0.1) is 0 Å². The first-order valence-electron chi connectivity index (χ1n) is 10.7. The van der Waals surface area contributed by atoms with Crippen LogP contribution in [-0.4, -0.2) is 54.9 Å². The number of piperidine rings is 1. The Kier molecular flexibility index (Phi) is 5.96. The maximum atomic E-state index is 13.0. The Balaban J connectivity index is 1.41. The largest absolute Gasteiger partial charge is 0.487 e. The first-order valence-corrected chi connectivity index (χ1v) is 11.0. The van der Waals surface area contributed by atoms with Crippen LogP contribution in [0.5, 0.6) is 5.75 Å². The van der Waals surface area contributed by atoms with Crippen molar-refractivity contribution in [2.24, 2.45) is 0 Å². The maximum absolute atomic E-state index is 13.0. The van der Waals surface area contributed by atoms with Crippen molar-refractivity contribution in [1.29, 1.82) is 0 Å². The summed E-state index contributed by atoms with van der Waals surface area (Å²) >= 11 is 6.30. The molecule has 3 aliphatic heterocycles. The van der Waals surface area contributed by atoms with Gasteiger partial charge >= 0.3 is 5.97 Å². The second-order valence-electron chi connectivity index (χ2n) is 9.03. The molecule has 1 unspecified atom stereocenters. The first-order chi connectivity index (χ1) is 13.8. The minimum atomic E-state index is -0.376. The molecule has 2 N–H and O–H groups in total. The smallest absolute Gasteiger partial charge is 0.342 e. The average molecular weight is 423 g/mol. The minimum absolute atomic E-state index is 0.0909. The van der Waals surface area contributed by atoms with Gasteiger partial charge in [-0.05, 0) is 58.4 Å². The molecule has 160 valence electrons. The molecule has 0 amide bonds. The third-order valence-electron chi connectivity index (χ3n) is 6.24. The van der Waals surface area contributed by atoms with Gasteiger partial charge < -0.3 is 24.8 Å². The summed E-state index contributed by atoms with van der Waals surface area (Å²) in [5.41, 5.74) is 7.49. The Hall–Kier alpha value is -1.50. The minimum Gasteiger partial charge on any atom is -0.487 e. The predicted molar refractivity (Wildman–Crippen MR) is 113 cm³/mol. The number of nitrogen functional groups attached to an aromatic ring is 1. The number of nitrogens with two attached hydrogens (primary N) is 1. The third-order valence-corrected chi connectivity index (χ3v) is 6.55. The highest BCUT2D eigenvalue weighted by Crippen LogP contribution is 2.42. The first kappa shape index (κ1) is 20.8. The zero-order valence-corrected chi connectivity index (χ0v) is 18.1. The maximum Gasteiger partial charge on any atom is 0.342 e. The molecule has 7 heteroatoms. The van der Waals surface area contributed by atoms with E-state index in [9.17, 15) is 4.79 Å². The summed E-state index contributed by atoms with van der Waals surface area (Å²) < 4.78 is 17.7. The molecular weight excluding hydrogens is 392 g/mol. The molecule has 0 aliphatic carbocycles. The number of carbonyl (C=O) groups excluding carboxylic acids is 1. The molecule has 0 radical (unpaired) electrons. The Labute approximate surface area is 177 Å². The van der Waals surface area contributed by atoms with Gasteiger partial charge in [-0.2, -0.15) is 0 Å². The van der Waals surface area contributed by atoms with Crippen LogP contribution in [0.3, 0.4) is 0 Å². The number of carbonyl (C=O) groups is 1. The second kappa shape index (κ2) is 8.32. The Morgan fingerprint density at radius 2 is 2.10 bits per heavy atom. The van der Waals surface area contributed by atoms with Gasteiger partial charge in [-0.3, -0.25) is 0 Å². The molecule has 0 aromatic heterocycles. The highest BCUT2D eigenvalue weighted by molar-refractivity contribution is 6.33. The Morgan fingerprint density at radius 1 is 1.34 bits per heavy atom. The molecule has 6 nitrogen and oxygen atoms in total. The summed E-state index contributed by atoms with van der Waals surface area (Å²) in [6.45, 7) is 7.72. The van der Waals surface area contributed by atoms with Crippen molar-refractivity contribution < 1.29 is 19.0 Å². The summed E-state index contributed by atoms with van der Waals surface area (Å²) in [6.07, 6.45) is 5.79. The summed E-state index contributed by atoms with van der Waals surface area (Å²) in [5, 5.41) is 0.380. The molecule has 0 bridgehead atoms. The number of halogens is 1. The van der Waals surface area contributed by atoms with E-state index < -0.39 is 0 Å². The molecule has 2 saturated heterocycles. The molecule has 1 aromatic rings. The van der Waals surface area contributed by atoms with Gasteiger partial charge in [0.05, 0.1) is 16.8 Å². The highest BCUT2D eigenvalue weighted by Gasteiger charge is 2.34. The average Bonchev–Trinajstić information content (AvgIpc) is 3.18. The molecule has 4 rings (SSSR count). The number of ether oxygens (including phenoxy) is 3. The lowest BCUT2D eigenvalue weighted by molar-refractivity contribution is 0.00174. The molecular formula is C22H31ClN2O4. The van der Waals surface area contributed by atoms with Crippen LogP contribution in [0.15, 0.2) is 6.07 Å². The van der Waals surface area contributed by atoms with E-state index in [1.54, 1.807) is 6.07 Å². The molecule has 1 atom stereocenters. The van der Waals surface area contributed by atoms with E-state index in [0.717, 1.165) is 70.3 Å².